The van der Waals surface area contributed by atoms with E-state index in [1.54, 1.807) is 0 Å². The van der Waals surface area contributed by atoms with E-state index in [-0.39, 0.29) is 5.41 Å². The highest BCUT2D eigenvalue weighted by Gasteiger charge is 2.26. The molecule has 1 aliphatic carbocycles. The van der Waals surface area contributed by atoms with E-state index in [9.17, 15) is 0 Å². The van der Waals surface area contributed by atoms with Crippen LogP contribution in [0.2, 0.25) is 0 Å². The molecule has 0 unspecified atom stereocenters. The van der Waals surface area contributed by atoms with Gasteiger partial charge in [0.25, 0.3) is 0 Å². The molecule has 1 N–H and O–H groups in total. The van der Waals surface area contributed by atoms with E-state index in [1.165, 1.54) is 17.0 Å². The van der Waals surface area contributed by atoms with Crippen molar-refractivity contribution in [3.63, 3.8) is 0 Å². The highest BCUT2D eigenvalue weighted by Crippen LogP contribution is 2.34. The van der Waals surface area contributed by atoms with Gasteiger partial charge in [0.2, 0.25) is 0 Å². The molecule has 0 saturated heterocycles. The number of anilines is 1. The van der Waals surface area contributed by atoms with Gasteiger partial charge in [0.1, 0.15) is 0 Å². The lowest BCUT2D eigenvalue weighted by molar-refractivity contribution is 0.374. The molecule has 0 bridgehead atoms. The number of hydrogen-bond donors (Lipinski definition) is 1. The molecule has 0 atom stereocenters. The molecule has 0 saturated carbocycles. The van der Waals surface area contributed by atoms with Crippen LogP contribution in [0.1, 0.15) is 32.3 Å². The largest absolute Gasteiger partial charge is 0.359 e. The first-order valence-electron chi connectivity index (χ1n) is 8.21. The van der Waals surface area contributed by atoms with Crippen molar-refractivity contribution in [2.45, 2.75) is 33.2 Å². The molecule has 2 heteroatoms. The summed E-state index contributed by atoms with van der Waals surface area (Å²) < 4.78 is 0. The van der Waals surface area contributed by atoms with E-state index in [4.69, 9.17) is 4.99 Å². The molecule has 2 aromatic rings. The number of nitrogens with zero attached hydrogens (tertiary/aromatic N) is 1. The van der Waals surface area contributed by atoms with Crippen LogP contribution < -0.4 is 5.32 Å². The van der Waals surface area contributed by atoms with Gasteiger partial charge in [-0.25, -0.2) is 0 Å². The third kappa shape index (κ3) is 4.56. The number of para-hydroxylation sites is 1. The predicted molar refractivity (Wildman–Crippen MR) is 98.7 cm³/mol. The van der Waals surface area contributed by atoms with E-state index in [0.29, 0.717) is 0 Å². The molecule has 118 valence electrons. The van der Waals surface area contributed by atoms with Crippen molar-refractivity contribution < 1.29 is 0 Å². The number of rotatable bonds is 4. The Morgan fingerprint density at radius 1 is 0.913 bits per heavy atom. The quantitative estimate of drug-likeness (QED) is 0.798. The zero-order valence-corrected chi connectivity index (χ0v) is 13.9. The van der Waals surface area contributed by atoms with Crippen LogP contribution in [0.25, 0.3) is 0 Å². The normalized spacial score (nSPS) is 18.5. The minimum atomic E-state index is 0.237. The zero-order chi connectivity index (χ0) is 16.1. The van der Waals surface area contributed by atoms with E-state index in [0.717, 1.165) is 25.1 Å². The Balaban J connectivity index is 1.77. The fraction of sp³-hybridized carbons (Fsp3) is 0.286. The minimum absolute atomic E-state index is 0.237. The summed E-state index contributed by atoms with van der Waals surface area (Å²) in [6, 6.07) is 20.8. The molecule has 2 nitrogen and oxygen atoms in total. The summed E-state index contributed by atoms with van der Waals surface area (Å²) >= 11 is 0. The van der Waals surface area contributed by atoms with Crippen molar-refractivity contribution in [3.8, 4) is 0 Å². The first-order chi connectivity index (χ1) is 11.1. The van der Waals surface area contributed by atoms with Crippen LogP contribution in [-0.2, 0) is 6.54 Å². The maximum atomic E-state index is 4.84. The van der Waals surface area contributed by atoms with Crippen LogP contribution in [0.4, 0.5) is 5.69 Å². The number of nitrogens with one attached hydrogen (secondary N) is 1. The van der Waals surface area contributed by atoms with Crippen LogP contribution in [0.15, 0.2) is 77.4 Å². The fourth-order valence-corrected chi connectivity index (χ4v) is 3.04. The molecule has 0 aliphatic heterocycles. The summed E-state index contributed by atoms with van der Waals surface area (Å²) in [5.41, 5.74) is 5.07. The van der Waals surface area contributed by atoms with Gasteiger partial charge in [-0.05, 0) is 42.0 Å². The second-order valence-electron chi connectivity index (χ2n) is 6.97. The second-order valence-corrected chi connectivity index (χ2v) is 6.97. The summed E-state index contributed by atoms with van der Waals surface area (Å²) in [5.74, 6) is 0. The predicted octanol–water partition coefficient (Wildman–Crippen LogP) is 5.44. The minimum Gasteiger partial charge on any atom is -0.359 e. The van der Waals surface area contributed by atoms with Crippen molar-refractivity contribution in [2.24, 2.45) is 10.4 Å². The summed E-state index contributed by atoms with van der Waals surface area (Å²) in [5, 5.41) is 3.54. The lowest BCUT2D eigenvalue weighted by Crippen LogP contribution is -2.24. The first kappa shape index (κ1) is 15.5. The van der Waals surface area contributed by atoms with Crippen LogP contribution in [0, 0.1) is 5.41 Å². The molecule has 1 aliphatic rings. The molecule has 0 fully saturated rings. The van der Waals surface area contributed by atoms with Crippen molar-refractivity contribution in [3.05, 3.63) is 78.0 Å². The third-order valence-electron chi connectivity index (χ3n) is 4.06. The summed E-state index contributed by atoms with van der Waals surface area (Å²) in [4.78, 5) is 4.84. The number of aliphatic imine (C=N–C) groups is 1. The van der Waals surface area contributed by atoms with Gasteiger partial charge in [-0.3, -0.25) is 4.99 Å². The monoisotopic (exact) mass is 304 g/mol. The SMILES string of the molecule is CC1(C)CC(Nc2ccccc2)=CC(=NCc2ccccc2)C1. The maximum absolute atomic E-state index is 4.84. The highest BCUT2D eigenvalue weighted by atomic mass is 14.9. The average Bonchev–Trinajstić information content (AvgIpc) is 2.53. The molecule has 0 radical (unpaired) electrons. The van der Waals surface area contributed by atoms with Gasteiger partial charge in [-0.1, -0.05) is 62.4 Å². The number of allylic oxidation sites excluding steroid dienone is 2. The van der Waals surface area contributed by atoms with E-state index in [1.807, 2.05) is 12.1 Å². The van der Waals surface area contributed by atoms with Crippen LogP contribution in [-0.4, -0.2) is 5.71 Å². The van der Waals surface area contributed by atoms with Gasteiger partial charge in [-0.15, -0.1) is 0 Å². The maximum Gasteiger partial charge on any atom is 0.0643 e. The third-order valence-corrected chi connectivity index (χ3v) is 4.06. The van der Waals surface area contributed by atoms with Gasteiger partial charge < -0.3 is 5.32 Å². The molecule has 0 amide bonds. The average molecular weight is 304 g/mol. The smallest absolute Gasteiger partial charge is 0.0643 e. The standard InChI is InChI=1S/C21H24N2/c1-21(2)14-19(22-16-17-9-5-3-6-10-17)13-20(15-21)23-18-11-7-4-8-12-18/h3-13,23H,14-16H2,1-2H3. The highest BCUT2D eigenvalue weighted by molar-refractivity contribution is 5.97. The Bertz CT molecular complexity index is 697. The molecular formula is C21H24N2. The summed E-state index contributed by atoms with van der Waals surface area (Å²) in [6.45, 7) is 5.37. The number of hydrogen-bond acceptors (Lipinski definition) is 2. The molecule has 3 rings (SSSR count). The van der Waals surface area contributed by atoms with Crippen LogP contribution in [0.3, 0.4) is 0 Å². The van der Waals surface area contributed by atoms with Crippen LogP contribution >= 0.6 is 0 Å². The fourth-order valence-electron chi connectivity index (χ4n) is 3.04. The zero-order valence-electron chi connectivity index (χ0n) is 13.9. The Kier molecular flexibility index (Phi) is 4.61. The van der Waals surface area contributed by atoms with E-state index in [2.05, 4.69) is 73.8 Å². The molecule has 0 aromatic heterocycles. The van der Waals surface area contributed by atoms with Crippen molar-refractivity contribution in [1.82, 2.24) is 0 Å². The van der Waals surface area contributed by atoms with Gasteiger partial charge in [0.15, 0.2) is 0 Å². The van der Waals surface area contributed by atoms with Gasteiger partial charge in [-0.2, -0.15) is 0 Å². The number of benzene rings is 2. The van der Waals surface area contributed by atoms with E-state index >= 15 is 0 Å². The Hall–Kier alpha value is -2.35. The Labute approximate surface area is 139 Å². The lowest BCUT2D eigenvalue weighted by Gasteiger charge is -2.31. The molecule has 0 heterocycles. The summed E-state index contributed by atoms with van der Waals surface area (Å²) in [6.07, 6.45) is 4.30. The molecular weight excluding hydrogens is 280 g/mol. The Morgan fingerprint density at radius 2 is 1.57 bits per heavy atom. The molecule has 2 aromatic carbocycles. The molecule has 0 spiro atoms. The lowest BCUT2D eigenvalue weighted by atomic mass is 9.78. The summed E-state index contributed by atoms with van der Waals surface area (Å²) in [7, 11) is 0. The van der Waals surface area contributed by atoms with Crippen molar-refractivity contribution in [2.75, 3.05) is 5.32 Å². The first-order valence-corrected chi connectivity index (χ1v) is 8.21. The van der Waals surface area contributed by atoms with E-state index < -0.39 is 0 Å². The Morgan fingerprint density at radius 3 is 2.26 bits per heavy atom. The van der Waals surface area contributed by atoms with Gasteiger partial charge in [0, 0.05) is 17.1 Å². The molecule has 23 heavy (non-hydrogen) atoms. The van der Waals surface area contributed by atoms with Crippen molar-refractivity contribution >= 4 is 11.4 Å². The van der Waals surface area contributed by atoms with Gasteiger partial charge >= 0.3 is 0 Å². The van der Waals surface area contributed by atoms with Gasteiger partial charge in [0.05, 0.1) is 6.54 Å². The second kappa shape index (κ2) is 6.82. The van der Waals surface area contributed by atoms with Crippen molar-refractivity contribution in [1.29, 1.82) is 0 Å². The topological polar surface area (TPSA) is 24.4 Å². The van der Waals surface area contributed by atoms with Crippen LogP contribution in [0.5, 0.6) is 0 Å².